The third-order valence-electron chi connectivity index (χ3n) is 4.70. The van der Waals surface area contributed by atoms with Crippen LogP contribution in [0, 0.1) is 6.92 Å². The number of nitrogens with one attached hydrogen (secondary N) is 1. The quantitative estimate of drug-likeness (QED) is 0.569. The molecule has 3 rings (SSSR count). The Labute approximate surface area is 180 Å². The van der Waals surface area contributed by atoms with Crippen molar-refractivity contribution >= 4 is 11.8 Å². The number of benzene rings is 1. The Morgan fingerprint density at radius 1 is 1.13 bits per heavy atom. The Balaban J connectivity index is 1.97. The highest BCUT2D eigenvalue weighted by molar-refractivity contribution is 5.99. The maximum absolute atomic E-state index is 13.1. The van der Waals surface area contributed by atoms with E-state index in [2.05, 4.69) is 11.9 Å². The lowest BCUT2D eigenvalue weighted by Crippen LogP contribution is -2.36. The summed E-state index contributed by atoms with van der Waals surface area (Å²) < 4.78 is 7.22. The maximum atomic E-state index is 13.1. The maximum Gasteiger partial charge on any atom is 0.259 e. The highest BCUT2D eigenvalue weighted by Crippen LogP contribution is 2.11. The van der Waals surface area contributed by atoms with E-state index in [1.807, 2.05) is 49.4 Å². The molecule has 2 heterocycles. The Morgan fingerprint density at radius 2 is 1.84 bits per heavy atom. The van der Waals surface area contributed by atoms with Crippen LogP contribution in [0.3, 0.4) is 0 Å². The van der Waals surface area contributed by atoms with Crippen LogP contribution in [0.2, 0.25) is 0 Å². The van der Waals surface area contributed by atoms with E-state index in [1.54, 1.807) is 11.6 Å². The number of carbonyl (C=O) groups excluding carboxylic acids is 2. The molecule has 2 amide bonds. The van der Waals surface area contributed by atoms with Crippen LogP contribution >= 0.6 is 0 Å². The van der Waals surface area contributed by atoms with Crippen LogP contribution in [0.1, 0.15) is 37.8 Å². The smallest absolute Gasteiger partial charge is 0.259 e. The fourth-order valence-corrected chi connectivity index (χ4v) is 3.18. The highest BCUT2D eigenvalue weighted by atomic mass is 16.3. The van der Waals surface area contributed by atoms with Crippen molar-refractivity contribution in [2.24, 2.45) is 0 Å². The number of pyridine rings is 1. The van der Waals surface area contributed by atoms with Crippen LogP contribution in [0.25, 0.3) is 0 Å². The fraction of sp³-hybridized carbons (Fsp3) is 0.208. The molecular formula is C24H25N3O4. The molecule has 0 spiro atoms. The molecule has 0 unspecified atom stereocenters. The average molecular weight is 419 g/mol. The molecule has 2 aromatic heterocycles. The van der Waals surface area contributed by atoms with Crippen molar-refractivity contribution in [1.82, 2.24) is 14.8 Å². The minimum absolute atomic E-state index is 0.0760. The van der Waals surface area contributed by atoms with Gasteiger partial charge in [0.05, 0.1) is 6.54 Å². The van der Waals surface area contributed by atoms with Crippen LogP contribution in [0.4, 0.5) is 0 Å². The normalized spacial score (nSPS) is 10.5. The lowest BCUT2D eigenvalue weighted by atomic mass is 10.1. The Morgan fingerprint density at radius 3 is 2.48 bits per heavy atom. The first-order valence-corrected chi connectivity index (χ1v) is 9.87. The second kappa shape index (κ2) is 9.75. The van der Waals surface area contributed by atoms with E-state index in [-0.39, 0.29) is 24.2 Å². The van der Waals surface area contributed by atoms with E-state index in [0.29, 0.717) is 12.3 Å². The third kappa shape index (κ3) is 5.39. The molecule has 7 heteroatoms. The van der Waals surface area contributed by atoms with E-state index < -0.39 is 17.2 Å². The number of nitrogens with zero attached hydrogens (tertiary/aromatic N) is 2. The van der Waals surface area contributed by atoms with E-state index in [1.165, 1.54) is 23.4 Å². The molecular weight excluding hydrogens is 394 g/mol. The first kappa shape index (κ1) is 21.8. The molecule has 0 aliphatic heterocycles. The van der Waals surface area contributed by atoms with E-state index in [9.17, 15) is 14.4 Å². The second-order valence-electron chi connectivity index (χ2n) is 7.24. The average Bonchev–Trinajstić information content (AvgIpc) is 3.17. The zero-order valence-corrected chi connectivity index (χ0v) is 17.6. The van der Waals surface area contributed by atoms with Gasteiger partial charge in [-0.3, -0.25) is 14.4 Å². The number of hydrogen-bond donors (Lipinski definition) is 1. The molecule has 160 valence electrons. The van der Waals surface area contributed by atoms with Gasteiger partial charge in [0.2, 0.25) is 5.43 Å². The second-order valence-corrected chi connectivity index (χ2v) is 7.24. The van der Waals surface area contributed by atoms with Crippen LogP contribution in [0.5, 0.6) is 0 Å². The summed E-state index contributed by atoms with van der Waals surface area (Å²) in [4.78, 5) is 40.1. The Bertz CT molecular complexity index is 1150. The molecule has 0 fully saturated rings. The summed E-state index contributed by atoms with van der Waals surface area (Å²) in [6.07, 6.45) is 4.42. The van der Waals surface area contributed by atoms with Crippen LogP contribution in [-0.2, 0) is 13.1 Å². The molecule has 0 aliphatic carbocycles. The van der Waals surface area contributed by atoms with Crippen molar-refractivity contribution in [1.29, 1.82) is 0 Å². The van der Waals surface area contributed by atoms with Gasteiger partial charge >= 0.3 is 0 Å². The molecule has 7 nitrogen and oxygen atoms in total. The van der Waals surface area contributed by atoms with Gasteiger partial charge in [0.1, 0.15) is 22.6 Å². The van der Waals surface area contributed by atoms with Crippen LogP contribution in [-0.4, -0.2) is 34.9 Å². The van der Waals surface area contributed by atoms with Gasteiger partial charge in [-0.15, -0.1) is 6.58 Å². The molecule has 0 aliphatic rings. The molecule has 0 bridgehead atoms. The molecule has 1 aromatic carbocycles. The lowest BCUT2D eigenvalue weighted by Gasteiger charge is -2.18. The van der Waals surface area contributed by atoms with Gasteiger partial charge in [-0.25, -0.2) is 0 Å². The summed E-state index contributed by atoms with van der Waals surface area (Å²) >= 11 is 0. The number of carbonyl (C=O) groups is 2. The summed E-state index contributed by atoms with van der Waals surface area (Å²) in [5.74, 6) is 0.375. The minimum atomic E-state index is -0.613. The van der Waals surface area contributed by atoms with Crippen molar-refractivity contribution in [3.05, 3.63) is 106 Å². The molecule has 0 saturated heterocycles. The monoisotopic (exact) mass is 419 g/mol. The first-order valence-electron chi connectivity index (χ1n) is 9.87. The molecule has 0 radical (unpaired) electrons. The number of aromatic nitrogens is 1. The number of furan rings is 1. The van der Waals surface area contributed by atoms with Crippen molar-refractivity contribution in [3.63, 3.8) is 0 Å². The van der Waals surface area contributed by atoms with Gasteiger partial charge in [0.25, 0.3) is 11.8 Å². The Hall–Kier alpha value is -3.87. The van der Waals surface area contributed by atoms with Gasteiger partial charge < -0.3 is 19.2 Å². The summed E-state index contributed by atoms with van der Waals surface area (Å²) in [6.45, 7) is 6.22. The molecule has 0 saturated carbocycles. The van der Waals surface area contributed by atoms with Crippen molar-refractivity contribution in [3.8, 4) is 0 Å². The zero-order chi connectivity index (χ0) is 22.4. The SMILES string of the molecule is C=CCNC(=O)c1cn(Cc2ccc(C)o2)cc(C(=O)N(C)Cc2ccccc2)c1=O. The number of hydrogen-bond acceptors (Lipinski definition) is 4. The lowest BCUT2D eigenvalue weighted by molar-refractivity contribution is 0.0783. The van der Waals surface area contributed by atoms with Crippen molar-refractivity contribution in [2.75, 3.05) is 13.6 Å². The summed E-state index contributed by atoms with van der Waals surface area (Å²) in [6, 6.07) is 13.1. The van der Waals surface area contributed by atoms with E-state index in [0.717, 1.165) is 11.3 Å². The molecule has 31 heavy (non-hydrogen) atoms. The van der Waals surface area contributed by atoms with Crippen molar-refractivity contribution < 1.29 is 14.0 Å². The molecule has 3 aromatic rings. The topological polar surface area (TPSA) is 84.6 Å². The molecule has 0 atom stereocenters. The number of aryl methyl sites for hydroxylation is 1. The fourth-order valence-electron chi connectivity index (χ4n) is 3.18. The standard InChI is InChI=1S/C24H25N3O4/c1-4-12-25-23(29)20-15-27(14-19-11-10-17(2)31-19)16-21(22(20)28)24(30)26(3)13-18-8-6-5-7-9-18/h4-11,15-16H,1,12-14H2,2-3H3,(H,25,29). The number of rotatable bonds is 8. The number of amides is 2. The minimum Gasteiger partial charge on any atom is -0.464 e. The van der Waals surface area contributed by atoms with Crippen molar-refractivity contribution in [2.45, 2.75) is 20.0 Å². The highest BCUT2D eigenvalue weighted by Gasteiger charge is 2.22. The summed E-state index contributed by atoms with van der Waals surface area (Å²) in [5, 5.41) is 2.60. The summed E-state index contributed by atoms with van der Waals surface area (Å²) in [7, 11) is 1.62. The van der Waals surface area contributed by atoms with Crippen LogP contribution in [0.15, 0.2) is 76.7 Å². The van der Waals surface area contributed by atoms with Gasteiger partial charge in [0, 0.05) is 32.5 Å². The largest absolute Gasteiger partial charge is 0.464 e. The van der Waals surface area contributed by atoms with E-state index >= 15 is 0 Å². The first-order chi connectivity index (χ1) is 14.9. The third-order valence-corrected chi connectivity index (χ3v) is 4.70. The van der Waals surface area contributed by atoms with Gasteiger partial charge in [-0.1, -0.05) is 36.4 Å². The van der Waals surface area contributed by atoms with Gasteiger partial charge in [0.15, 0.2) is 0 Å². The van der Waals surface area contributed by atoms with Gasteiger partial charge in [-0.05, 0) is 24.6 Å². The van der Waals surface area contributed by atoms with Crippen LogP contribution < -0.4 is 10.7 Å². The summed E-state index contributed by atoms with van der Waals surface area (Å²) in [5.41, 5.74) is 0.139. The van der Waals surface area contributed by atoms with Gasteiger partial charge in [-0.2, -0.15) is 0 Å². The predicted molar refractivity (Wildman–Crippen MR) is 118 cm³/mol. The molecule has 1 N–H and O–H groups in total. The van der Waals surface area contributed by atoms with E-state index in [4.69, 9.17) is 4.42 Å². The zero-order valence-electron chi connectivity index (χ0n) is 17.6. The Kier molecular flexibility index (Phi) is 6.87. The predicted octanol–water partition coefficient (Wildman–Crippen LogP) is 2.99.